The maximum absolute atomic E-state index is 12.5. The van der Waals surface area contributed by atoms with E-state index in [9.17, 15) is 9.59 Å². The van der Waals surface area contributed by atoms with Gasteiger partial charge in [-0.2, -0.15) is 0 Å². The first-order valence-electron chi connectivity index (χ1n) is 9.37. The minimum Gasteiger partial charge on any atom is -0.444 e. The molecule has 0 aromatic rings. The van der Waals surface area contributed by atoms with Gasteiger partial charge in [0.25, 0.3) is 0 Å². The molecule has 154 valence electrons. The van der Waals surface area contributed by atoms with E-state index in [2.05, 4.69) is 52.2 Å². The fourth-order valence-corrected chi connectivity index (χ4v) is 3.76. The van der Waals surface area contributed by atoms with Crippen molar-refractivity contribution in [3.8, 4) is 0 Å². The lowest BCUT2D eigenvalue weighted by molar-refractivity contribution is -0.124. The number of amides is 2. The minimum atomic E-state index is -0.827. The fraction of sp³-hybridized carbons (Fsp3) is 0.900. The van der Waals surface area contributed by atoms with Gasteiger partial charge < -0.3 is 21.1 Å². The standard InChI is InChI=1S/C20H41N3O3/c1-17(2,3)12-19(7,8)23-15(24)14(11-21)22-16(25)26-20(9,10)13-18(4,5)6/h14H,11-13,21H2,1-10H3,(H,22,25)(H,23,24)/t14-/m0/s1. The lowest BCUT2D eigenvalue weighted by Crippen LogP contribution is -2.57. The molecule has 0 spiro atoms. The van der Waals surface area contributed by atoms with Gasteiger partial charge in [0.05, 0.1) is 0 Å². The maximum atomic E-state index is 12.5. The number of nitrogens with one attached hydrogen (secondary N) is 2. The van der Waals surface area contributed by atoms with Gasteiger partial charge in [0.2, 0.25) is 5.91 Å². The molecule has 0 aliphatic heterocycles. The van der Waals surface area contributed by atoms with Gasteiger partial charge in [-0.1, -0.05) is 41.5 Å². The molecule has 0 fully saturated rings. The molecule has 0 aromatic heterocycles. The van der Waals surface area contributed by atoms with Crippen LogP contribution < -0.4 is 16.4 Å². The van der Waals surface area contributed by atoms with Crippen molar-refractivity contribution in [2.75, 3.05) is 6.54 Å². The lowest BCUT2D eigenvalue weighted by Gasteiger charge is -2.35. The van der Waals surface area contributed by atoms with Gasteiger partial charge in [-0.3, -0.25) is 4.79 Å². The van der Waals surface area contributed by atoms with Crippen molar-refractivity contribution in [1.29, 1.82) is 0 Å². The molecule has 6 heteroatoms. The summed E-state index contributed by atoms with van der Waals surface area (Å²) in [7, 11) is 0. The number of ether oxygens (including phenoxy) is 1. The first kappa shape index (κ1) is 24.7. The van der Waals surface area contributed by atoms with Crippen LogP contribution in [0, 0.1) is 10.8 Å². The zero-order valence-electron chi connectivity index (χ0n) is 18.5. The van der Waals surface area contributed by atoms with Gasteiger partial charge in [0.15, 0.2) is 0 Å². The van der Waals surface area contributed by atoms with E-state index in [4.69, 9.17) is 10.5 Å². The van der Waals surface area contributed by atoms with Crippen LogP contribution in [-0.2, 0) is 9.53 Å². The fourth-order valence-electron chi connectivity index (χ4n) is 3.76. The van der Waals surface area contributed by atoms with E-state index in [0.29, 0.717) is 6.42 Å². The van der Waals surface area contributed by atoms with Crippen LogP contribution in [0.15, 0.2) is 0 Å². The minimum absolute atomic E-state index is 0.00618. The van der Waals surface area contributed by atoms with E-state index in [1.807, 2.05) is 27.7 Å². The molecule has 0 unspecified atom stereocenters. The predicted octanol–water partition coefficient (Wildman–Crippen LogP) is 3.59. The molecular formula is C20H41N3O3. The van der Waals surface area contributed by atoms with E-state index in [1.165, 1.54) is 0 Å². The zero-order chi connectivity index (χ0) is 21.0. The maximum Gasteiger partial charge on any atom is 0.408 e. The third-order valence-corrected chi connectivity index (χ3v) is 3.60. The molecule has 0 aliphatic carbocycles. The molecule has 0 radical (unpaired) electrons. The van der Waals surface area contributed by atoms with Crippen LogP contribution in [0.4, 0.5) is 4.79 Å². The molecule has 0 rings (SSSR count). The smallest absolute Gasteiger partial charge is 0.408 e. The number of nitrogens with two attached hydrogens (primary N) is 1. The summed E-state index contributed by atoms with van der Waals surface area (Å²) in [6.45, 7) is 20.3. The second-order valence-corrected chi connectivity index (χ2v) is 10.9. The highest BCUT2D eigenvalue weighted by molar-refractivity contribution is 5.86. The average Bonchev–Trinajstić information content (AvgIpc) is 2.27. The highest BCUT2D eigenvalue weighted by Crippen LogP contribution is 2.29. The molecule has 1 atom stereocenters. The summed E-state index contributed by atoms with van der Waals surface area (Å²) in [5.41, 5.74) is 4.75. The van der Waals surface area contributed by atoms with Crippen LogP contribution in [0.25, 0.3) is 0 Å². The molecule has 6 nitrogen and oxygen atoms in total. The van der Waals surface area contributed by atoms with Gasteiger partial charge in [-0.15, -0.1) is 0 Å². The number of hydrogen-bond donors (Lipinski definition) is 3. The van der Waals surface area contributed by atoms with Gasteiger partial charge in [-0.25, -0.2) is 4.79 Å². The first-order chi connectivity index (χ1) is 11.4. The van der Waals surface area contributed by atoms with Crippen molar-refractivity contribution >= 4 is 12.0 Å². The van der Waals surface area contributed by atoms with E-state index in [-0.39, 0.29) is 23.3 Å². The Balaban J connectivity index is 4.84. The molecule has 0 heterocycles. The van der Waals surface area contributed by atoms with Crippen LogP contribution in [0.5, 0.6) is 0 Å². The number of hydrogen-bond acceptors (Lipinski definition) is 4. The second-order valence-electron chi connectivity index (χ2n) is 10.9. The Morgan fingerprint density at radius 2 is 1.35 bits per heavy atom. The van der Waals surface area contributed by atoms with Crippen molar-refractivity contribution in [3.63, 3.8) is 0 Å². The summed E-state index contributed by atoms with van der Waals surface area (Å²) in [5.74, 6) is -0.299. The number of carbonyl (C=O) groups excluding carboxylic acids is 2. The topological polar surface area (TPSA) is 93.5 Å². The highest BCUT2D eigenvalue weighted by Gasteiger charge is 2.32. The molecule has 26 heavy (non-hydrogen) atoms. The van der Waals surface area contributed by atoms with Crippen LogP contribution in [0.3, 0.4) is 0 Å². The van der Waals surface area contributed by atoms with Crippen LogP contribution in [-0.4, -0.2) is 35.7 Å². The van der Waals surface area contributed by atoms with Crippen LogP contribution in [0.1, 0.15) is 82.1 Å². The summed E-state index contributed by atoms with van der Waals surface area (Å²) in [5, 5.41) is 5.58. The number of rotatable bonds is 7. The van der Waals surface area contributed by atoms with Crippen molar-refractivity contribution in [1.82, 2.24) is 10.6 Å². The van der Waals surface area contributed by atoms with Gasteiger partial charge >= 0.3 is 6.09 Å². The van der Waals surface area contributed by atoms with Crippen molar-refractivity contribution in [3.05, 3.63) is 0 Å². The third-order valence-electron chi connectivity index (χ3n) is 3.60. The molecule has 4 N–H and O–H groups in total. The summed E-state index contributed by atoms with van der Waals surface area (Å²) in [6, 6.07) is -0.827. The van der Waals surface area contributed by atoms with Crippen molar-refractivity contribution in [2.45, 2.75) is 99.3 Å². The first-order valence-corrected chi connectivity index (χ1v) is 9.37. The van der Waals surface area contributed by atoms with Crippen LogP contribution in [0.2, 0.25) is 0 Å². The average molecular weight is 372 g/mol. The largest absolute Gasteiger partial charge is 0.444 e. The Kier molecular flexibility index (Phi) is 8.16. The molecule has 0 aromatic carbocycles. The van der Waals surface area contributed by atoms with Crippen molar-refractivity contribution < 1.29 is 14.3 Å². The summed E-state index contributed by atoms with van der Waals surface area (Å²) < 4.78 is 5.52. The van der Waals surface area contributed by atoms with Gasteiger partial charge in [-0.05, 0) is 51.4 Å². The van der Waals surface area contributed by atoms with E-state index < -0.39 is 23.3 Å². The van der Waals surface area contributed by atoms with E-state index in [1.54, 1.807) is 0 Å². The Morgan fingerprint density at radius 3 is 1.73 bits per heavy atom. The molecule has 0 saturated carbocycles. The highest BCUT2D eigenvalue weighted by atomic mass is 16.6. The summed E-state index contributed by atoms with van der Waals surface area (Å²) >= 11 is 0. The van der Waals surface area contributed by atoms with E-state index >= 15 is 0 Å². The molecule has 0 aliphatic rings. The van der Waals surface area contributed by atoms with E-state index in [0.717, 1.165) is 6.42 Å². The second kappa shape index (κ2) is 8.59. The monoisotopic (exact) mass is 371 g/mol. The Labute approximate surface area is 160 Å². The molecule has 0 saturated heterocycles. The summed E-state index contributed by atoms with van der Waals surface area (Å²) in [4.78, 5) is 24.8. The summed E-state index contributed by atoms with van der Waals surface area (Å²) in [6.07, 6.45) is 0.871. The van der Waals surface area contributed by atoms with Crippen LogP contribution >= 0.6 is 0 Å². The molecule has 0 bridgehead atoms. The predicted molar refractivity (Wildman–Crippen MR) is 107 cm³/mol. The SMILES string of the molecule is CC(C)(C)CC(C)(C)NC(=O)[C@H](CN)NC(=O)OC(C)(C)CC(C)(C)C. The Bertz CT molecular complexity index is 486. The number of carbonyl (C=O) groups is 2. The molecular weight excluding hydrogens is 330 g/mol. The van der Waals surface area contributed by atoms with Crippen molar-refractivity contribution in [2.24, 2.45) is 16.6 Å². The number of alkyl carbamates (subject to hydrolysis) is 1. The van der Waals surface area contributed by atoms with Gasteiger partial charge in [0.1, 0.15) is 11.6 Å². The normalized spacial score (nSPS) is 14.6. The third kappa shape index (κ3) is 11.3. The zero-order valence-corrected chi connectivity index (χ0v) is 18.5. The quantitative estimate of drug-likeness (QED) is 0.637. The Morgan fingerprint density at radius 1 is 0.885 bits per heavy atom. The Hall–Kier alpha value is -1.30. The van der Waals surface area contributed by atoms with Gasteiger partial charge in [0, 0.05) is 12.1 Å². The molecule has 2 amide bonds. The lowest BCUT2D eigenvalue weighted by atomic mass is 9.81.